The summed E-state index contributed by atoms with van der Waals surface area (Å²) in [6, 6.07) is 17.7. The maximum atomic E-state index is 14.0. The topological polar surface area (TPSA) is 122 Å². The second kappa shape index (κ2) is 11.4. The molecule has 220 valence electrons. The standard InChI is InChI=1S/C33H30Cl2N4O4/c1-18-11-20(17-43-23-8-5-21(34)6-9-23)19(2)24(12-18)30-25(16-36)32(37)38(22-7-10-26(35)27(13-22)39(41)42)28-14-33(3,4)15-29(40)31(28)30/h5-13,30H,14-15,17,37H2,1-4H3. The van der Waals surface area contributed by atoms with Crippen LogP contribution >= 0.6 is 23.2 Å². The van der Waals surface area contributed by atoms with E-state index in [4.69, 9.17) is 33.7 Å². The molecule has 0 bridgehead atoms. The summed E-state index contributed by atoms with van der Waals surface area (Å²) in [4.78, 5) is 26.8. The van der Waals surface area contributed by atoms with Crippen LogP contribution in [-0.4, -0.2) is 10.7 Å². The first-order chi connectivity index (χ1) is 20.3. The summed E-state index contributed by atoms with van der Waals surface area (Å²) in [6.45, 7) is 8.17. The van der Waals surface area contributed by atoms with E-state index >= 15 is 0 Å². The van der Waals surface area contributed by atoms with Gasteiger partial charge < -0.3 is 10.5 Å². The van der Waals surface area contributed by atoms with Crippen molar-refractivity contribution >= 4 is 40.4 Å². The van der Waals surface area contributed by atoms with Gasteiger partial charge in [-0.2, -0.15) is 5.26 Å². The van der Waals surface area contributed by atoms with E-state index in [9.17, 15) is 20.2 Å². The first-order valence-corrected chi connectivity index (χ1v) is 14.5. The smallest absolute Gasteiger partial charge is 0.289 e. The Morgan fingerprint density at radius 3 is 2.47 bits per heavy atom. The minimum Gasteiger partial charge on any atom is -0.489 e. The molecule has 1 aliphatic carbocycles. The van der Waals surface area contributed by atoms with Crippen LogP contribution in [0.3, 0.4) is 0 Å². The SMILES string of the molecule is Cc1cc(COc2ccc(Cl)cc2)c(C)c(C2C(C#N)=C(N)N(c3ccc(Cl)c([N+](=O)[O-])c3)C3=C2C(=O)CC(C)(C)C3)c1. The molecule has 1 unspecified atom stereocenters. The number of nitriles is 1. The molecule has 1 aliphatic heterocycles. The fraction of sp³-hybridized carbons (Fsp3) is 0.273. The van der Waals surface area contributed by atoms with Gasteiger partial charge in [0.2, 0.25) is 0 Å². The molecule has 1 heterocycles. The van der Waals surface area contributed by atoms with Crippen LogP contribution in [0, 0.1) is 40.7 Å². The van der Waals surface area contributed by atoms with Crippen LogP contribution in [-0.2, 0) is 11.4 Å². The average Bonchev–Trinajstić information content (AvgIpc) is 2.93. The molecule has 8 nitrogen and oxygen atoms in total. The van der Waals surface area contributed by atoms with Gasteiger partial charge in [0, 0.05) is 28.8 Å². The minimum atomic E-state index is -0.712. The Morgan fingerprint density at radius 2 is 1.81 bits per heavy atom. The van der Waals surface area contributed by atoms with Gasteiger partial charge in [0.1, 0.15) is 23.2 Å². The van der Waals surface area contributed by atoms with Crippen LogP contribution in [0.15, 0.2) is 77.3 Å². The van der Waals surface area contributed by atoms with Crippen molar-refractivity contribution in [2.75, 3.05) is 4.90 Å². The van der Waals surface area contributed by atoms with E-state index in [1.807, 2.05) is 39.8 Å². The Balaban J connectivity index is 1.68. The lowest BCUT2D eigenvalue weighted by atomic mass is 9.68. The highest BCUT2D eigenvalue weighted by Crippen LogP contribution is 2.51. The Labute approximate surface area is 260 Å². The molecule has 3 aromatic carbocycles. The van der Waals surface area contributed by atoms with Gasteiger partial charge in [-0.25, -0.2) is 0 Å². The number of benzene rings is 3. The van der Waals surface area contributed by atoms with Gasteiger partial charge >= 0.3 is 0 Å². The van der Waals surface area contributed by atoms with E-state index in [0.717, 1.165) is 22.3 Å². The average molecular weight is 618 g/mol. The van der Waals surface area contributed by atoms with Crippen molar-refractivity contribution in [2.24, 2.45) is 11.1 Å². The molecule has 2 aliphatic rings. The van der Waals surface area contributed by atoms with Crippen molar-refractivity contribution in [1.29, 1.82) is 5.26 Å². The maximum absolute atomic E-state index is 14.0. The van der Waals surface area contributed by atoms with E-state index < -0.39 is 16.3 Å². The number of nitro benzene ring substituents is 1. The second-order valence-corrected chi connectivity index (χ2v) is 12.6. The number of hydrogen-bond donors (Lipinski definition) is 1. The molecular weight excluding hydrogens is 587 g/mol. The van der Waals surface area contributed by atoms with E-state index in [1.165, 1.54) is 12.1 Å². The van der Waals surface area contributed by atoms with Crippen LogP contribution in [0.2, 0.25) is 10.0 Å². The molecule has 3 aromatic rings. The number of ether oxygens (including phenoxy) is 1. The zero-order valence-corrected chi connectivity index (χ0v) is 25.7. The Hall–Kier alpha value is -4.32. The number of allylic oxidation sites excluding steroid dienone is 3. The Bertz CT molecular complexity index is 1770. The van der Waals surface area contributed by atoms with E-state index in [0.29, 0.717) is 34.2 Å². The first-order valence-electron chi connectivity index (χ1n) is 13.7. The zero-order valence-electron chi connectivity index (χ0n) is 24.2. The number of carbonyl (C=O) groups is 1. The van der Waals surface area contributed by atoms with Gasteiger partial charge in [-0.05, 0) is 78.8 Å². The van der Waals surface area contributed by atoms with Crippen LogP contribution in [0.4, 0.5) is 11.4 Å². The van der Waals surface area contributed by atoms with E-state index in [1.54, 1.807) is 35.2 Å². The monoisotopic (exact) mass is 616 g/mol. The molecule has 0 amide bonds. The number of halogens is 2. The van der Waals surface area contributed by atoms with Crippen molar-refractivity contribution in [3.05, 3.63) is 120 Å². The molecule has 43 heavy (non-hydrogen) atoms. The Kier molecular flexibility index (Phi) is 7.99. The molecule has 1 atom stereocenters. The third-order valence-electron chi connectivity index (χ3n) is 7.98. The predicted octanol–water partition coefficient (Wildman–Crippen LogP) is 8.04. The third kappa shape index (κ3) is 5.71. The van der Waals surface area contributed by atoms with Crippen molar-refractivity contribution in [2.45, 2.75) is 53.1 Å². The van der Waals surface area contributed by atoms with Crippen LogP contribution in [0.1, 0.15) is 54.9 Å². The summed E-state index contributed by atoms with van der Waals surface area (Å²) >= 11 is 12.1. The molecule has 5 rings (SSSR count). The minimum absolute atomic E-state index is 0.0234. The number of anilines is 1. The largest absolute Gasteiger partial charge is 0.489 e. The number of hydrogen-bond acceptors (Lipinski definition) is 7. The molecule has 0 spiro atoms. The molecule has 0 saturated carbocycles. The highest BCUT2D eigenvalue weighted by Gasteiger charge is 2.45. The summed E-state index contributed by atoms with van der Waals surface area (Å²) in [5.41, 5.74) is 11.2. The number of Topliss-reactive ketones (excluding diaryl/α,β-unsaturated/α-hetero) is 1. The lowest BCUT2D eigenvalue weighted by Crippen LogP contribution is -2.42. The van der Waals surface area contributed by atoms with Gasteiger partial charge in [-0.1, -0.05) is 54.7 Å². The number of nitro groups is 1. The summed E-state index contributed by atoms with van der Waals surface area (Å²) in [5, 5.41) is 22.8. The molecule has 10 heteroatoms. The van der Waals surface area contributed by atoms with Crippen molar-refractivity contribution < 1.29 is 14.5 Å². The molecule has 0 aromatic heterocycles. The Morgan fingerprint density at radius 1 is 1.12 bits per heavy atom. The van der Waals surface area contributed by atoms with Gasteiger partial charge in [-0.3, -0.25) is 19.8 Å². The van der Waals surface area contributed by atoms with Crippen molar-refractivity contribution in [3.8, 4) is 11.8 Å². The summed E-state index contributed by atoms with van der Waals surface area (Å²) < 4.78 is 6.06. The van der Waals surface area contributed by atoms with E-state index in [2.05, 4.69) is 6.07 Å². The molecule has 0 saturated heterocycles. The fourth-order valence-corrected chi connectivity index (χ4v) is 6.31. The normalized spacial score (nSPS) is 17.9. The fourth-order valence-electron chi connectivity index (χ4n) is 6.00. The maximum Gasteiger partial charge on any atom is 0.289 e. The number of nitrogens with zero attached hydrogens (tertiary/aromatic N) is 3. The van der Waals surface area contributed by atoms with Gasteiger partial charge in [0.25, 0.3) is 5.69 Å². The van der Waals surface area contributed by atoms with Crippen molar-refractivity contribution in [3.63, 3.8) is 0 Å². The van der Waals surface area contributed by atoms with Gasteiger partial charge in [0.05, 0.1) is 28.2 Å². The summed E-state index contributed by atoms with van der Waals surface area (Å²) in [5.74, 6) is -0.0249. The van der Waals surface area contributed by atoms with Gasteiger partial charge in [0.15, 0.2) is 5.78 Å². The number of nitrogens with two attached hydrogens (primary N) is 1. The second-order valence-electron chi connectivity index (χ2n) is 11.8. The van der Waals surface area contributed by atoms with E-state index in [-0.39, 0.29) is 40.9 Å². The highest BCUT2D eigenvalue weighted by atomic mass is 35.5. The third-order valence-corrected chi connectivity index (χ3v) is 8.56. The lowest BCUT2D eigenvalue weighted by Gasteiger charge is -2.44. The molecular formula is C33H30Cl2N4O4. The lowest BCUT2D eigenvalue weighted by molar-refractivity contribution is -0.384. The molecule has 0 radical (unpaired) electrons. The van der Waals surface area contributed by atoms with Gasteiger partial charge in [-0.15, -0.1) is 0 Å². The molecule has 2 N–H and O–H groups in total. The van der Waals surface area contributed by atoms with Crippen LogP contribution in [0.25, 0.3) is 0 Å². The number of aryl methyl sites for hydroxylation is 1. The zero-order chi connectivity index (χ0) is 31.2. The predicted molar refractivity (Wildman–Crippen MR) is 167 cm³/mol. The quantitative estimate of drug-likeness (QED) is 0.219. The first kappa shape index (κ1) is 30.1. The highest BCUT2D eigenvalue weighted by molar-refractivity contribution is 6.32. The van der Waals surface area contributed by atoms with Crippen LogP contribution < -0.4 is 15.4 Å². The summed E-state index contributed by atoms with van der Waals surface area (Å²) in [6.07, 6.45) is 0.755. The van der Waals surface area contributed by atoms with Crippen LogP contribution in [0.5, 0.6) is 5.75 Å². The number of carbonyl (C=O) groups excluding carboxylic acids is 1. The number of rotatable bonds is 6. The summed E-state index contributed by atoms with van der Waals surface area (Å²) in [7, 11) is 0. The van der Waals surface area contributed by atoms with Crippen molar-refractivity contribution in [1.82, 2.24) is 0 Å². The molecule has 0 fully saturated rings. The number of ketones is 1.